The van der Waals surface area contributed by atoms with Crippen LogP contribution in [0.1, 0.15) is 51.9 Å². The van der Waals surface area contributed by atoms with Crippen molar-refractivity contribution in [2.24, 2.45) is 0 Å². The van der Waals surface area contributed by atoms with Gasteiger partial charge < -0.3 is 20.3 Å². The Hall–Kier alpha value is -2.28. The third-order valence-electron chi connectivity index (χ3n) is 6.78. The SMILES string of the molecule is CCOc1ccccc1NC(=O)NC1(C(=O)N2CCN3CCC[C@H]3C2)CCCCC1. The fraction of sp³-hybridized carbons (Fsp3) is 0.652. The Morgan fingerprint density at radius 2 is 1.90 bits per heavy atom. The molecule has 1 aliphatic carbocycles. The molecule has 164 valence electrons. The monoisotopic (exact) mass is 414 g/mol. The summed E-state index contributed by atoms with van der Waals surface area (Å²) in [6.07, 6.45) is 6.84. The molecular weight excluding hydrogens is 380 g/mol. The van der Waals surface area contributed by atoms with Crippen molar-refractivity contribution in [2.45, 2.75) is 63.5 Å². The molecule has 0 aromatic heterocycles. The number of carbonyl (C=O) groups excluding carboxylic acids is 2. The number of para-hydroxylation sites is 2. The number of rotatable bonds is 5. The Balaban J connectivity index is 1.46. The first-order valence-electron chi connectivity index (χ1n) is 11.5. The molecule has 3 fully saturated rings. The molecule has 0 unspecified atom stereocenters. The summed E-state index contributed by atoms with van der Waals surface area (Å²) in [7, 11) is 0. The van der Waals surface area contributed by atoms with E-state index in [9.17, 15) is 9.59 Å². The maximum absolute atomic E-state index is 13.7. The number of nitrogens with one attached hydrogen (secondary N) is 2. The van der Waals surface area contributed by atoms with E-state index in [0.29, 0.717) is 36.9 Å². The number of hydrogen-bond donors (Lipinski definition) is 2. The Labute approximate surface area is 179 Å². The second kappa shape index (κ2) is 9.25. The van der Waals surface area contributed by atoms with E-state index in [1.165, 1.54) is 12.8 Å². The van der Waals surface area contributed by atoms with Crippen LogP contribution in [-0.2, 0) is 4.79 Å². The smallest absolute Gasteiger partial charge is 0.320 e. The number of anilines is 1. The van der Waals surface area contributed by atoms with Crippen LogP contribution in [0.15, 0.2) is 24.3 Å². The molecule has 3 aliphatic rings. The lowest BCUT2D eigenvalue weighted by Gasteiger charge is -2.44. The molecule has 0 radical (unpaired) electrons. The summed E-state index contributed by atoms with van der Waals surface area (Å²) in [5.74, 6) is 0.735. The molecule has 30 heavy (non-hydrogen) atoms. The second-order valence-electron chi connectivity index (χ2n) is 8.73. The van der Waals surface area contributed by atoms with E-state index in [1.54, 1.807) is 0 Å². The molecule has 1 atom stereocenters. The third-order valence-corrected chi connectivity index (χ3v) is 6.78. The van der Waals surface area contributed by atoms with E-state index in [4.69, 9.17) is 4.74 Å². The second-order valence-corrected chi connectivity index (χ2v) is 8.73. The quantitative estimate of drug-likeness (QED) is 0.776. The zero-order valence-electron chi connectivity index (χ0n) is 18.0. The standard InChI is InChI=1S/C23H34N4O3/c1-2-30-20-11-5-4-10-19(20)24-22(29)25-23(12-6-3-7-13-23)21(28)27-16-15-26-14-8-9-18(26)17-27/h4-5,10-11,18H,2-3,6-9,12-17H2,1H3,(H2,24,25,29)/t18-/m0/s1. The van der Waals surface area contributed by atoms with Gasteiger partial charge in [0.1, 0.15) is 11.3 Å². The number of amides is 3. The lowest BCUT2D eigenvalue weighted by atomic mass is 9.80. The van der Waals surface area contributed by atoms with Crippen molar-refractivity contribution < 1.29 is 14.3 Å². The molecule has 2 aliphatic heterocycles. The molecule has 7 heteroatoms. The van der Waals surface area contributed by atoms with Gasteiger partial charge in [0, 0.05) is 25.7 Å². The molecule has 2 saturated heterocycles. The van der Waals surface area contributed by atoms with Gasteiger partial charge in [-0.05, 0) is 51.3 Å². The number of carbonyl (C=O) groups is 2. The van der Waals surface area contributed by atoms with Crippen LogP contribution in [-0.4, -0.2) is 66.1 Å². The summed E-state index contributed by atoms with van der Waals surface area (Å²) in [6, 6.07) is 7.54. The van der Waals surface area contributed by atoms with Gasteiger partial charge in [-0.3, -0.25) is 9.69 Å². The zero-order chi connectivity index (χ0) is 21.0. The number of piperazine rings is 1. The fourth-order valence-electron chi connectivity index (χ4n) is 5.25. The largest absolute Gasteiger partial charge is 0.492 e. The highest BCUT2D eigenvalue weighted by molar-refractivity contribution is 5.97. The zero-order valence-corrected chi connectivity index (χ0v) is 18.0. The maximum Gasteiger partial charge on any atom is 0.320 e. The Kier molecular flexibility index (Phi) is 6.46. The van der Waals surface area contributed by atoms with Gasteiger partial charge >= 0.3 is 6.03 Å². The van der Waals surface area contributed by atoms with E-state index in [2.05, 4.69) is 15.5 Å². The molecule has 0 spiro atoms. The van der Waals surface area contributed by atoms with Crippen LogP contribution < -0.4 is 15.4 Å². The number of nitrogens with zero attached hydrogens (tertiary/aromatic N) is 2. The molecular formula is C23H34N4O3. The van der Waals surface area contributed by atoms with Gasteiger partial charge in [-0.15, -0.1) is 0 Å². The number of urea groups is 1. The van der Waals surface area contributed by atoms with Crippen molar-refractivity contribution in [3.05, 3.63) is 24.3 Å². The fourth-order valence-corrected chi connectivity index (χ4v) is 5.25. The minimum atomic E-state index is -0.802. The van der Waals surface area contributed by atoms with Crippen molar-refractivity contribution in [3.63, 3.8) is 0 Å². The number of fused-ring (bicyclic) bond motifs is 1. The summed E-state index contributed by atoms with van der Waals surface area (Å²) < 4.78 is 5.61. The molecule has 0 bridgehead atoms. The number of ether oxygens (including phenoxy) is 1. The van der Waals surface area contributed by atoms with Crippen LogP contribution in [0.4, 0.5) is 10.5 Å². The minimum absolute atomic E-state index is 0.0991. The molecule has 7 nitrogen and oxygen atoms in total. The van der Waals surface area contributed by atoms with Gasteiger partial charge in [0.15, 0.2) is 0 Å². The molecule has 1 aromatic rings. The van der Waals surface area contributed by atoms with Crippen molar-refractivity contribution >= 4 is 17.6 Å². The van der Waals surface area contributed by atoms with Gasteiger partial charge in [0.05, 0.1) is 12.3 Å². The van der Waals surface area contributed by atoms with Crippen LogP contribution >= 0.6 is 0 Å². The van der Waals surface area contributed by atoms with Crippen molar-refractivity contribution in [2.75, 3.05) is 38.1 Å². The molecule has 4 rings (SSSR count). The summed E-state index contributed by atoms with van der Waals surface area (Å²) in [4.78, 5) is 31.1. The van der Waals surface area contributed by atoms with Gasteiger partial charge in [-0.25, -0.2) is 4.79 Å². The van der Waals surface area contributed by atoms with Crippen LogP contribution in [0.5, 0.6) is 5.75 Å². The average molecular weight is 415 g/mol. The lowest BCUT2D eigenvalue weighted by Crippen LogP contribution is -2.64. The van der Waals surface area contributed by atoms with Gasteiger partial charge in [-0.2, -0.15) is 0 Å². The van der Waals surface area contributed by atoms with Crippen molar-refractivity contribution in [1.82, 2.24) is 15.1 Å². The van der Waals surface area contributed by atoms with Gasteiger partial charge in [0.2, 0.25) is 5.91 Å². The summed E-state index contributed by atoms with van der Waals surface area (Å²) in [5, 5.41) is 6.00. The van der Waals surface area contributed by atoms with Crippen molar-refractivity contribution in [1.29, 1.82) is 0 Å². The average Bonchev–Trinajstić information content (AvgIpc) is 3.23. The van der Waals surface area contributed by atoms with E-state index < -0.39 is 5.54 Å². The molecule has 1 aromatic carbocycles. The Morgan fingerprint density at radius 1 is 1.10 bits per heavy atom. The van der Waals surface area contributed by atoms with Crippen LogP contribution in [0.3, 0.4) is 0 Å². The molecule has 1 saturated carbocycles. The number of hydrogen-bond acceptors (Lipinski definition) is 4. The summed E-state index contributed by atoms with van der Waals surface area (Å²) in [6.45, 7) is 6.08. The van der Waals surface area contributed by atoms with E-state index >= 15 is 0 Å². The number of benzene rings is 1. The summed E-state index contributed by atoms with van der Waals surface area (Å²) in [5.41, 5.74) is -0.182. The first-order valence-corrected chi connectivity index (χ1v) is 11.5. The summed E-state index contributed by atoms with van der Waals surface area (Å²) >= 11 is 0. The predicted octanol–water partition coefficient (Wildman–Crippen LogP) is 3.22. The highest BCUT2D eigenvalue weighted by atomic mass is 16.5. The van der Waals surface area contributed by atoms with Gasteiger partial charge in [-0.1, -0.05) is 31.4 Å². The topological polar surface area (TPSA) is 73.9 Å². The van der Waals surface area contributed by atoms with Crippen LogP contribution in [0, 0.1) is 0 Å². The first kappa shape index (κ1) is 21.0. The highest BCUT2D eigenvalue weighted by Crippen LogP contribution is 2.32. The first-order chi connectivity index (χ1) is 14.6. The normalized spacial score (nSPS) is 23.5. The van der Waals surface area contributed by atoms with Crippen molar-refractivity contribution in [3.8, 4) is 5.75 Å². The Morgan fingerprint density at radius 3 is 2.70 bits per heavy atom. The molecule has 3 amide bonds. The lowest BCUT2D eigenvalue weighted by molar-refractivity contribution is -0.142. The van der Waals surface area contributed by atoms with Crippen LogP contribution in [0.2, 0.25) is 0 Å². The van der Waals surface area contributed by atoms with E-state index in [1.807, 2.05) is 36.1 Å². The predicted molar refractivity (Wildman–Crippen MR) is 117 cm³/mol. The van der Waals surface area contributed by atoms with Crippen LogP contribution in [0.25, 0.3) is 0 Å². The van der Waals surface area contributed by atoms with Gasteiger partial charge in [0.25, 0.3) is 0 Å². The minimum Gasteiger partial charge on any atom is -0.492 e. The Bertz CT molecular complexity index is 763. The molecule has 2 N–H and O–H groups in total. The van der Waals surface area contributed by atoms with E-state index in [0.717, 1.165) is 45.4 Å². The van der Waals surface area contributed by atoms with E-state index in [-0.39, 0.29) is 11.9 Å². The third kappa shape index (κ3) is 4.41. The molecule has 2 heterocycles. The maximum atomic E-state index is 13.7. The highest BCUT2D eigenvalue weighted by Gasteiger charge is 2.45.